The lowest BCUT2D eigenvalue weighted by Crippen LogP contribution is -2.26. The van der Waals surface area contributed by atoms with E-state index in [0.717, 1.165) is 4.31 Å². The molecule has 0 radical (unpaired) electrons. The molecule has 0 bridgehead atoms. The molecule has 0 aliphatic heterocycles. The molecule has 8 nitrogen and oxygen atoms in total. The summed E-state index contributed by atoms with van der Waals surface area (Å²) in [7, 11) is -0.700. The van der Waals surface area contributed by atoms with Crippen molar-refractivity contribution >= 4 is 21.4 Å². The number of aryl methyl sites for hydroxylation is 2. The molecule has 0 amide bonds. The monoisotopic (exact) mass is 310 g/mol. The quantitative estimate of drug-likeness (QED) is 0.629. The lowest BCUT2D eigenvalue weighted by atomic mass is 10.2. The Morgan fingerprint density at radius 3 is 2.52 bits per heavy atom. The van der Waals surface area contributed by atoms with Crippen LogP contribution >= 0.6 is 0 Å². The van der Waals surface area contributed by atoms with Gasteiger partial charge in [-0.3, -0.25) is 19.1 Å². The average molecular weight is 310 g/mol. The maximum absolute atomic E-state index is 12.5. The third-order valence-corrected chi connectivity index (χ3v) is 4.86. The first kappa shape index (κ1) is 15.0. The smallest absolute Gasteiger partial charge is 0.272 e. The summed E-state index contributed by atoms with van der Waals surface area (Å²) < 4.78 is 27.6. The van der Waals surface area contributed by atoms with E-state index in [9.17, 15) is 18.5 Å². The first-order chi connectivity index (χ1) is 9.73. The molecule has 21 heavy (non-hydrogen) atoms. The number of hydrogen-bond acceptors (Lipinski definition) is 5. The Hall–Kier alpha value is -2.42. The van der Waals surface area contributed by atoms with E-state index < -0.39 is 14.9 Å². The normalized spacial score (nSPS) is 11.4. The number of benzene rings is 1. The molecule has 0 fully saturated rings. The topological polar surface area (TPSA) is 98.3 Å². The minimum Gasteiger partial charge on any atom is -0.274 e. The van der Waals surface area contributed by atoms with Gasteiger partial charge >= 0.3 is 0 Å². The Kier molecular flexibility index (Phi) is 3.69. The van der Waals surface area contributed by atoms with Crippen molar-refractivity contribution < 1.29 is 13.3 Å². The van der Waals surface area contributed by atoms with Gasteiger partial charge in [-0.15, -0.1) is 0 Å². The maximum atomic E-state index is 12.5. The van der Waals surface area contributed by atoms with Crippen molar-refractivity contribution in [2.75, 3.05) is 11.4 Å². The molecule has 0 saturated carbocycles. The predicted molar refractivity (Wildman–Crippen MR) is 76.6 cm³/mol. The lowest BCUT2D eigenvalue weighted by molar-refractivity contribution is -0.385. The van der Waals surface area contributed by atoms with Crippen LogP contribution in [-0.4, -0.2) is 30.2 Å². The van der Waals surface area contributed by atoms with Crippen LogP contribution in [-0.2, 0) is 17.1 Å². The fraction of sp³-hybridized carbons (Fsp3) is 0.250. The summed E-state index contributed by atoms with van der Waals surface area (Å²) in [5.41, 5.74) is 0.590. The van der Waals surface area contributed by atoms with Gasteiger partial charge in [-0.1, -0.05) is 0 Å². The molecule has 1 aromatic heterocycles. The number of anilines is 1. The number of aromatic nitrogens is 2. The third kappa shape index (κ3) is 2.72. The average Bonchev–Trinajstić information content (AvgIpc) is 2.83. The highest BCUT2D eigenvalue weighted by Crippen LogP contribution is 2.25. The molecule has 0 aliphatic carbocycles. The summed E-state index contributed by atoms with van der Waals surface area (Å²) in [6.45, 7) is 1.50. The molecule has 0 aliphatic rings. The molecule has 0 atom stereocenters. The lowest BCUT2D eigenvalue weighted by Gasteiger charge is -2.17. The van der Waals surface area contributed by atoms with E-state index in [4.69, 9.17) is 0 Å². The molecule has 2 rings (SSSR count). The first-order valence-electron chi connectivity index (χ1n) is 5.96. The number of nitrogens with zero attached hydrogens (tertiary/aromatic N) is 4. The molecule has 1 heterocycles. The third-order valence-electron chi connectivity index (χ3n) is 3.08. The number of rotatable bonds is 4. The zero-order valence-electron chi connectivity index (χ0n) is 11.7. The van der Waals surface area contributed by atoms with Crippen molar-refractivity contribution in [1.29, 1.82) is 0 Å². The summed E-state index contributed by atoms with van der Waals surface area (Å²) in [6, 6.07) is 3.72. The van der Waals surface area contributed by atoms with Crippen molar-refractivity contribution in [1.82, 2.24) is 9.78 Å². The highest BCUT2D eigenvalue weighted by molar-refractivity contribution is 7.92. The van der Waals surface area contributed by atoms with Crippen LogP contribution < -0.4 is 4.31 Å². The predicted octanol–water partition coefficient (Wildman–Crippen LogP) is 1.46. The van der Waals surface area contributed by atoms with Gasteiger partial charge < -0.3 is 0 Å². The van der Waals surface area contributed by atoms with Gasteiger partial charge in [0, 0.05) is 31.9 Å². The van der Waals surface area contributed by atoms with Gasteiger partial charge in [0.15, 0.2) is 0 Å². The minimum absolute atomic E-state index is 0.00282. The van der Waals surface area contributed by atoms with Gasteiger partial charge in [-0.25, -0.2) is 8.42 Å². The Bertz CT molecular complexity index is 797. The van der Waals surface area contributed by atoms with Crippen molar-refractivity contribution in [2.24, 2.45) is 7.05 Å². The minimum atomic E-state index is -3.79. The molecule has 0 spiro atoms. The van der Waals surface area contributed by atoms with Gasteiger partial charge in [-0.2, -0.15) is 5.10 Å². The zero-order chi connectivity index (χ0) is 15.8. The summed E-state index contributed by atoms with van der Waals surface area (Å²) in [5, 5.41) is 14.7. The van der Waals surface area contributed by atoms with E-state index in [1.54, 1.807) is 13.2 Å². The SMILES string of the molecule is Cc1cc(S(=O)(=O)N(C)c2cnn(C)c2)ccc1[N+](=O)[O-]. The molecule has 0 saturated heterocycles. The van der Waals surface area contributed by atoms with Crippen LogP contribution in [0.3, 0.4) is 0 Å². The Labute approximate surface area is 121 Å². The number of hydrogen-bond donors (Lipinski definition) is 0. The van der Waals surface area contributed by atoms with Crippen molar-refractivity contribution in [3.63, 3.8) is 0 Å². The van der Waals surface area contributed by atoms with Gasteiger partial charge in [0.1, 0.15) is 0 Å². The zero-order valence-corrected chi connectivity index (χ0v) is 12.5. The Morgan fingerprint density at radius 2 is 2.05 bits per heavy atom. The number of nitro benzene ring substituents is 1. The fourth-order valence-electron chi connectivity index (χ4n) is 1.86. The van der Waals surface area contributed by atoms with Crippen LogP contribution in [0.1, 0.15) is 5.56 Å². The summed E-state index contributed by atoms with van der Waals surface area (Å²) in [5.74, 6) is 0. The van der Waals surface area contributed by atoms with Crippen molar-refractivity contribution in [3.05, 3.63) is 46.3 Å². The highest BCUT2D eigenvalue weighted by Gasteiger charge is 2.24. The summed E-state index contributed by atoms with van der Waals surface area (Å²) in [6.07, 6.45) is 2.99. The van der Waals surface area contributed by atoms with Crippen LogP contribution in [0, 0.1) is 17.0 Å². The van der Waals surface area contributed by atoms with Gasteiger partial charge in [0.05, 0.1) is 21.7 Å². The van der Waals surface area contributed by atoms with E-state index in [2.05, 4.69) is 5.10 Å². The highest BCUT2D eigenvalue weighted by atomic mass is 32.2. The van der Waals surface area contributed by atoms with E-state index >= 15 is 0 Å². The van der Waals surface area contributed by atoms with Crippen molar-refractivity contribution in [2.45, 2.75) is 11.8 Å². The largest absolute Gasteiger partial charge is 0.274 e. The number of sulfonamides is 1. The summed E-state index contributed by atoms with van der Waals surface area (Å²) in [4.78, 5) is 10.2. The van der Waals surface area contributed by atoms with Gasteiger partial charge in [-0.05, 0) is 19.1 Å². The fourth-order valence-corrected chi connectivity index (χ4v) is 3.11. The van der Waals surface area contributed by atoms with Crippen LogP contribution in [0.4, 0.5) is 11.4 Å². The molecule has 0 unspecified atom stereocenters. The van der Waals surface area contributed by atoms with Crippen LogP contribution in [0.5, 0.6) is 0 Å². The van der Waals surface area contributed by atoms with E-state index in [1.807, 2.05) is 0 Å². The second-order valence-electron chi connectivity index (χ2n) is 4.55. The maximum Gasteiger partial charge on any atom is 0.272 e. The van der Waals surface area contributed by atoms with Crippen LogP contribution in [0.15, 0.2) is 35.5 Å². The van der Waals surface area contributed by atoms with Crippen LogP contribution in [0.25, 0.3) is 0 Å². The Morgan fingerprint density at radius 1 is 1.38 bits per heavy atom. The van der Waals surface area contributed by atoms with Gasteiger partial charge in [0.2, 0.25) is 0 Å². The molecule has 2 aromatic rings. The molecule has 112 valence electrons. The molecular weight excluding hydrogens is 296 g/mol. The van der Waals surface area contributed by atoms with E-state index in [1.165, 1.54) is 43.0 Å². The van der Waals surface area contributed by atoms with Gasteiger partial charge in [0.25, 0.3) is 15.7 Å². The van der Waals surface area contributed by atoms with Crippen molar-refractivity contribution in [3.8, 4) is 0 Å². The number of nitro groups is 1. The molecule has 1 aromatic carbocycles. The second kappa shape index (κ2) is 5.17. The standard InChI is InChI=1S/C12H14N4O4S/c1-9-6-11(4-5-12(9)16(17)18)21(19,20)15(3)10-7-13-14(2)8-10/h4-8H,1-3H3. The molecule has 0 N–H and O–H groups in total. The van der Waals surface area contributed by atoms with E-state index in [-0.39, 0.29) is 10.6 Å². The summed E-state index contributed by atoms with van der Waals surface area (Å²) >= 11 is 0. The first-order valence-corrected chi connectivity index (χ1v) is 7.40. The van der Waals surface area contributed by atoms with E-state index in [0.29, 0.717) is 11.3 Å². The van der Waals surface area contributed by atoms with Crippen LogP contribution in [0.2, 0.25) is 0 Å². The second-order valence-corrected chi connectivity index (χ2v) is 6.52. The molecular formula is C12H14N4O4S. The Balaban J connectivity index is 2.44. The molecule has 9 heteroatoms.